The van der Waals surface area contributed by atoms with Gasteiger partial charge in [-0.25, -0.2) is 4.98 Å². The molecule has 0 unspecified atom stereocenters. The maximum atomic E-state index is 12.8. The monoisotopic (exact) mass is 413 g/mol. The van der Waals surface area contributed by atoms with Crippen molar-refractivity contribution in [3.63, 3.8) is 0 Å². The van der Waals surface area contributed by atoms with E-state index in [1.807, 2.05) is 44.2 Å². The van der Waals surface area contributed by atoms with Crippen molar-refractivity contribution in [2.24, 2.45) is 0 Å². The average molecular weight is 413 g/mol. The predicted octanol–water partition coefficient (Wildman–Crippen LogP) is 3.67. The average Bonchev–Trinajstić information content (AvgIpc) is 3.12. The number of rotatable bonds is 4. The first-order valence-electron chi connectivity index (χ1n) is 9.76. The van der Waals surface area contributed by atoms with Crippen LogP contribution in [0.1, 0.15) is 17.1 Å². The van der Waals surface area contributed by atoms with Crippen LogP contribution in [0, 0.1) is 13.8 Å². The van der Waals surface area contributed by atoms with E-state index in [1.54, 1.807) is 24.1 Å². The summed E-state index contributed by atoms with van der Waals surface area (Å²) in [6.45, 7) is 4.07. The standard InChI is InChI=1S/C23H19N5O3/c1-13-22(14(2)31-27-13)17-8-18-16(9-20(17)30-3)23-19(10-25-18)26-11-21(29)28(23)12-15-6-4-5-7-24-15/h4-11H,12H2,1-3H3. The summed E-state index contributed by atoms with van der Waals surface area (Å²) in [6, 6.07) is 9.45. The Balaban J connectivity index is 1.82. The topological polar surface area (TPSA) is 95.9 Å². The van der Waals surface area contributed by atoms with Gasteiger partial charge >= 0.3 is 0 Å². The lowest BCUT2D eigenvalue weighted by molar-refractivity contribution is 0.393. The fourth-order valence-corrected chi connectivity index (χ4v) is 3.92. The minimum absolute atomic E-state index is 0.209. The van der Waals surface area contributed by atoms with E-state index in [0.717, 1.165) is 27.9 Å². The lowest BCUT2D eigenvalue weighted by atomic mass is 10.0. The second-order valence-corrected chi connectivity index (χ2v) is 7.26. The molecule has 5 aromatic rings. The van der Waals surface area contributed by atoms with Crippen molar-refractivity contribution in [2.45, 2.75) is 20.4 Å². The molecule has 5 rings (SSSR count). The summed E-state index contributed by atoms with van der Waals surface area (Å²) >= 11 is 0. The van der Waals surface area contributed by atoms with Crippen LogP contribution in [0.4, 0.5) is 0 Å². The van der Waals surface area contributed by atoms with E-state index in [4.69, 9.17) is 9.26 Å². The number of ether oxygens (including phenoxy) is 1. The molecule has 0 fully saturated rings. The Bertz CT molecular complexity index is 1470. The van der Waals surface area contributed by atoms with Crippen molar-refractivity contribution in [3.05, 3.63) is 76.4 Å². The first-order chi connectivity index (χ1) is 15.1. The Morgan fingerprint density at radius 2 is 1.90 bits per heavy atom. The van der Waals surface area contributed by atoms with Gasteiger partial charge in [-0.2, -0.15) is 0 Å². The first-order valence-corrected chi connectivity index (χ1v) is 9.76. The summed E-state index contributed by atoms with van der Waals surface area (Å²) in [6.07, 6.45) is 4.70. The number of nitrogens with zero attached hydrogens (tertiary/aromatic N) is 5. The lowest BCUT2D eigenvalue weighted by Crippen LogP contribution is -2.22. The smallest absolute Gasteiger partial charge is 0.269 e. The third-order valence-corrected chi connectivity index (χ3v) is 5.34. The maximum absolute atomic E-state index is 12.8. The molecule has 0 N–H and O–H groups in total. The van der Waals surface area contributed by atoms with E-state index >= 15 is 0 Å². The van der Waals surface area contributed by atoms with Crippen LogP contribution in [0.25, 0.3) is 33.1 Å². The van der Waals surface area contributed by atoms with E-state index in [-0.39, 0.29) is 5.56 Å². The highest BCUT2D eigenvalue weighted by Crippen LogP contribution is 2.38. The van der Waals surface area contributed by atoms with E-state index < -0.39 is 0 Å². The van der Waals surface area contributed by atoms with E-state index in [0.29, 0.717) is 34.6 Å². The van der Waals surface area contributed by atoms with Crippen molar-refractivity contribution in [2.75, 3.05) is 7.11 Å². The molecule has 0 aliphatic heterocycles. The molecule has 0 spiro atoms. The molecule has 0 bridgehead atoms. The Morgan fingerprint density at radius 3 is 2.61 bits per heavy atom. The highest BCUT2D eigenvalue weighted by Gasteiger charge is 2.19. The molecule has 0 saturated carbocycles. The molecule has 4 aromatic heterocycles. The molecule has 1 aromatic carbocycles. The Labute approximate surface area is 177 Å². The fraction of sp³-hybridized carbons (Fsp3) is 0.174. The normalized spacial score (nSPS) is 11.3. The van der Waals surface area contributed by atoms with Gasteiger partial charge in [0, 0.05) is 17.1 Å². The molecule has 4 heterocycles. The fourth-order valence-electron chi connectivity index (χ4n) is 3.92. The van der Waals surface area contributed by atoms with E-state index in [2.05, 4.69) is 20.1 Å². The number of fused-ring (bicyclic) bond motifs is 3. The van der Waals surface area contributed by atoms with Gasteiger partial charge in [0.1, 0.15) is 17.0 Å². The SMILES string of the molecule is COc1cc2c(cc1-c1c(C)noc1C)ncc1ncc(=O)n(Cc3ccccn3)c12. The molecule has 8 heteroatoms. The van der Waals surface area contributed by atoms with Gasteiger partial charge in [-0.05, 0) is 38.1 Å². The number of methoxy groups -OCH3 is 1. The van der Waals surface area contributed by atoms with Gasteiger partial charge in [0.25, 0.3) is 5.56 Å². The zero-order valence-corrected chi connectivity index (χ0v) is 17.3. The van der Waals surface area contributed by atoms with E-state index in [9.17, 15) is 4.79 Å². The van der Waals surface area contributed by atoms with Crippen molar-refractivity contribution < 1.29 is 9.26 Å². The molecule has 0 radical (unpaired) electrons. The van der Waals surface area contributed by atoms with Gasteiger partial charge in [-0.3, -0.25) is 19.3 Å². The zero-order valence-electron chi connectivity index (χ0n) is 17.3. The molecule has 0 aliphatic rings. The Kier molecular flexibility index (Phi) is 4.47. The highest BCUT2D eigenvalue weighted by molar-refractivity contribution is 6.04. The predicted molar refractivity (Wildman–Crippen MR) is 116 cm³/mol. The van der Waals surface area contributed by atoms with Gasteiger partial charge < -0.3 is 9.26 Å². The minimum atomic E-state index is -0.209. The zero-order chi connectivity index (χ0) is 21.5. The minimum Gasteiger partial charge on any atom is -0.496 e. The van der Waals surface area contributed by atoms with Crippen LogP contribution < -0.4 is 10.3 Å². The van der Waals surface area contributed by atoms with Crippen molar-refractivity contribution in [1.29, 1.82) is 0 Å². The summed E-state index contributed by atoms with van der Waals surface area (Å²) in [7, 11) is 1.61. The summed E-state index contributed by atoms with van der Waals surface area (Å²) in [4.78, 5) is 26.0. The summed E-state index contributed by atoms with van der Waals surface area (Å²) in [5.41, 5.74) is 5.07. The molecule has 154 valence electrons. The highest BCUT2D eigenvalue weighted by atomic mass is 16.5. The van der Waals surface area contributed by atoms with Crippen LogP contribution >= 0.6 is 0 Å². The Hall–Kier alpha value is -4.07. The molecule has 8 nitrogen and oxygen atoms in total. The van der Waals surface area contributed by atoms with Crippen molar-refractivity contribution in [1.82, 2.24) is 24.7 Å². The van der Waals surface area contributed by atoms with Crippen molar-refractivity contribution >= 4 is 21.9 Å². The largest absolute Gasteiger partial charge is 0.496 e. The number of aryl methyl sites for hydroxylation is 2. The summed E-state index contributed by atoms with van der Waals surface area (Å²) < 4.78 is 12.7. The van der Waals surface area contributed by atoms with Crippen LogP contribution in [-0.4, -0.2) is 31.8 Å². The molecule has 0 aliphatic carbocycles. The van der Waals surface area contributed by atoms with Gasteiger partial charge in [0.05, 0.1) is 54.0 Å². The number of benzene rings is 1. The van der Waals surface area contributed by atoms with Crippen LogP contribution in [0.2, 0.25) is 0 Å². The molecule has 0 amide bonds. The van der Waals surface area contributed by atoms with Crippen LogP contribution in [-0.2, 0) is 6.54 Å². The second kappa shape index (κ2) is 7.32. The van der Waals surface area contributed by atoms with Gasteiger partial charge in [-0.1, -0.05) is 11.2 Å². The van der Waals surface area contributed by atoms with Crippen LogP contribution in [0.3, 0.4) is 0 Å². The molecular formula is C23H19N5O3. The van der Waals surface area contributed by atoms with Crippen LogP contribution in [0.15, 0.2) is 58.2 Å². The number of hydrogen-bond donors (Lipinski definition) is 0. The molecule has 31 heavy (non-hydrogen) atoms. The van der Waals surface area contributed by atoms with Crippen LogP contribution in [0.5, 0.6) is 5.75 Å². The Morgan fingerprint density at radius 1 is 1.06 bits per heavy atom. The first kappa shape index (κ1) is 18.9. The third kappa shape index (κ3) is 3.13. The van der Waals surface area contributed by atoms with Crippen molar-refractivity contribution in [3.8, 4) is 16.9 Å². The molecular weight excluding hydrogens is 394 g/mol. The second-order valence-electron chi connectivity index (χ2n) is 7.26. The number of aromatic nitrogens is 5. The maximum Gasteiger partial charge on any atom is 0.269 e. The van der Waals surface area contributed by atoms with E-state index in [1.165, 1.54) is 6.20 Å². The van der Waals surface area contributed by atoms with Gasteiger partial charge in [-0.15, -0.1) is 0 Å². The lowest BCUT2D eigenvalue weighted by Gasteiger charge is -2.14. The summed E-state index contributed by atoms with van der Waals surface area (Å²) in [5.74, 6) is 1.33. The quantitative estimate of drug-likeness (QED) is 0.415. The van der Waals surface area contributed by atoms with Gasteiger partial charge in [0.2, 0.25) is 0 Å². The number of pyridine rings is 2. The number of hydrogen-bond acceptors (Lipinski definition) is 7. The molecule has 0 atom stereocenters. The van der Waals surface area contributed by atoms with Gasteiger partial charge in [0.15, 0.2) is 0 Å². The third-order valence-electron chi connectivity index (χ3n) is 5.34. The summed E-state index contributed by atoms with van der Waals surface area (Å²) in [5, 5.41) is 4.83. The molecule has 0 saturated heterocycles.